The van der Waals surface area contributed by atoms with Crippen LogP contribution in [-0.2, 0) is 13.0 Å². The quantitative estimate of drug-likeness (QED) is 0.802. The Hall–Kier alpha value is -0.830. The van der Waals surface area contributed by atoms with E-state index in [2.05, 4.69) is 18.1 Å². The SMILES string of the molecule is CCn1nc(C)cc1CCC(O)C1CC1. The van der Waals surface area contributed by atoms with E-state index in [1.807, 2.05) is 11.6 Å². The van der Waals surface area contributed by atoms with Crippen molar-refractivity contribution in [3.05, 3.63) is 17.5 Å². The van der Waals surface area contributed by atoms with Crippen LogP contribution in [0.5, 0.6) is 0 Å². The van der Waals surface area contributed by atoms with Gasteiger partial charge < -0.3 is 5.11 Å². The van der Waals surface area contributed by atoms with Crippen LogP contribution in [0.1, 0.15) is 37.6 Å². The highest BCUT2D eigenvalue weighted by molar-refractivity contribution is 5.09. The number of aliphatic hydroxyl groups excluding tert-OH is 1. The van der Waals surface area contributed by atoms with Gasteiger partial charge in [0.2, 0.25) is 0 Å². The van der Waals surface area contributed by atoms with Crippen molar-refractivity contribution >= 4 is 0 Å². The average Bonchev–Trinajstić information content (AvgIpc) is 2.99. The highest BCUT2D eigenvalue weighted by Gasteiger charge is 2.29. The summed E-state index contributed by atoms with van der Waals surface area (Å²) in [4.78, 5) is 0. The van der Waals surface area contributed by atoms with E-state index in [4.69, 9.17) is 0 Å². The maximum absolute atomic E-state index is 9.79. The van der Waals surface area contributed by atoms with Crippen LogP contribution in [0.4, 0.5) is 0 Å². The predicted molar refractivity (Wildman–Crippen MR) is 59.7 cm³/mol. The van der Waals surface area contributed by atoms with Crippen LogP contribution in [0.2, 0.25) is 0 Å². The molecule has 0 bridgehead atoms. The molecule has 2 rings (SSSR count). The zero-order chi connectivity index (χ0) is 10.8. The Morgan fingerprint density at radius 1 is 1.60 bits per heavy atom. The third-order valence-corrected chi connectivity index (χ3v) is 3.15. The molecule has 0 radical (unpaired) electrons. The zero-order valence-corrected chi connectivity index (χ0v) is 9.61. The second-order valence-corrected chi connectivity index (χ2v) is 4.54. The zero-order valence-electron chi connectivity index (χ0n) is 9.61. The molecule has 1 fully saturated rings. The van der Waals surface area contributed by atoms with E-state index in [1.54, 1.807) is 0 Å². The van der Waals surface area contributed by atoms with Gasteiger partial charge >= 0.3 is 0 Å². The molecule has 0 spiro atoms. The van der Waals surface area contributed by atoms with Gasteiger partial charge in [-0.05, 0) is 51.5 Å². The summed E-state index contributed by atoms with van der Waals surface area (Å²) in [6, 6.07) is 2.13. The lowest BCUT2D eigenvalue weighted by atomic mass is 10.1. The summed E-state index contributed by atoms with van der Waals surface area (Å²) in [7, 11) is 0. The van der Waals surface area contributed by atoms with Crippen molar-refractivity contribution in [2.75, 3.05) is 0 Å². The Labute approximate surface area is 91.1 Å². The second kappa shape index (κ2) is 4.35. The number of hydrogen-bond acceptors (Lipinski definition) is 2. The van der Waals surface area contributed by atoms with Crippen LogP contribution in [0.25, 0.3) is 0 Å². The minimum Gasteiger partial charge on any atom is -0.393 e. The summed E-state index contributed by atoms with van der Waals surface area (Å²) >= 11 is 0. The minimum atomic E-state index is -0.0921. The first kappa shape index (κ1) is 10.7. The lowest BCUT2D eigenvalue weighted by Crippen LogP contribution is -2.12. The van der Waals surface area contributed by atoms with Crippen molar-refractivity contribution in [3.63, 3.8) is 0 Å². The first-order valence-corrected chi connectivity index (χ1v) is 5.92. The predicted octanol–water partition coefficient (Wildman–Crippen LogP) is 1.91. The largest absolute Gasteiger partial charge is 0.393 e. The Morgan fingerprint density at radius 2 is 2.33 bits per heavy atom. The Morgan fingerprint density at radius 3 is 2.93 bits per heavy atom. The fourth-order valence-electron chi connectivity index (χ4n) is 2.09. The molecule has 1 aromatic rings. The number of aromatic nitrogens is 2. The lowest BCUT2D eigenvalue weighted by molar-refractivity contribution is 0.141. The van der Waals surface area contributed by atoms with Crippen LogP contribution in [-0.4, -0.2) is 21.0 Å². The van der Waals surface area contributed by atoms with E-state index in [0.717, 1.165) is 25.1 Å². The van der Waals surface area contributed by atoms with E-state index in [0.29, 0.717) is 5.92 Å². The minimum absolute atomic E-state index is 0.0921. The van der Waals surface area contributed by atoms with Gasteiger partial charge in [-0.3, -0.25) is 4.68 Å². The van der Waals surface area contributed by atoms with E-state index in [1.165, 1.54) is 18.5 Å². The molecule has 1 atom stereocenters. The van der Waals surface area contributed by atoms with Gasteiger partial charge in [-0.25, -0.2) is 0 Å². The fourth-order valence-corrected chi connectivity index (χ4v) is 2.09. The van der Waals surface area contributed by atoms with Crippen LogP contribution < -0.4 is 0 Å². The van der Waals surface area contributed by atoms with E-state index < -0.39 is 0 Å². The van der Waals surface area contributed by atoms with Crippen LogP contribution in [0.3, 0.4) is 0 Å². The molecule has 1 aliphatic rings. The molecule has 1 aliphatic carbocycles. The van der Waals surface area contributed by atoms with Gasteiger partial charge in [0, 0.05) is 12.2 Å². The molecule has 84 valence electrons. The molecule has 1 N–H and O–H groups in total. The van der Waals surface area contributed by atoms with Crippen molar-refractivity contribution in [1.82, 2.24) is 9.78 Å². The number of aliphatic hydroxyl groups is 1. The van der Waals surface area contributed by atoms with Gasteiger partial charge in [0.25, 0.3) is 0 Å². The first-order valence-electron chi connectivity index (χ1n) is 5.92. The van der Waals surface area contributed by atoms with Crippen LogP contribution >= 0.6 is 0 Å². The molecule has 1 heterocycles. The molecule has 3 nitrogen and oxygen atoms in total. The topological polar surface area (TPSA) is 38.0 Å². The summed E-state index contributed by atoms with van der Waals surface area (Å²) in [5, 5.41) is 14.2. The van der Waals surface area contributed by atoms with Crippen molar-refractivity contribution in [2.45, 2.75) is 52.2 Å². The normalized spacial score (nSPS) is 18.1. The molecule has 0 amide bonds. The van der Waals surface area contributed by atoms with Gasteiger partial charge in [-0.1, -0.05) is 0 Å². The Bertz CT molecular complexity index is 328. The molecular formula is C12H20N2O. The first-order chi connectivity index (χ1) is 7.20. The average molecular weight is 208 g/mol. The second-order valence-electron chi connectivity index (χ2n) is 4.54. The summed E-state index contributed by atoms with van der Waals surface area (Å²) in [5.41, 5.74) is 2.34. The number of aryl methyl sites for hydroxylation is 3. The maximum Gasteiger partial charge on any atom is 0.0596 e. The molecule has 15 heavy (non-hydrogen) atoms. The summed E-state index contributed by atoms with van der Waals surface area (Å²) < 4.78 is 2.04. The molecular weight excluding hydrogens is 188 g/mol. The summed E-state index contributed by atoms with van der Waals surface area (Å²) in [5.74, 6) is 0.587. The van der Waals surface area contributed by atoms with Gasteiger partial charge in [-0.15, -0.1) is 0 Å². The van der Waals surface area contributed by atoms with Gasteiger partial charge in [0.05, 0.1) is 11.8 Å². The number of rotatable bonds is 5. The Balaban J connectivity index is 1.91. The summed E-state index contributed by atoms with van der Waals surface area (Å²) in [6.07, 6.45) is 4.17. The Kier molecular flexibility index (Phi) is 3.10. The van der Waals surface area contributed by atoms with Crippen LogP contribution in [0, 0.1) is 12.8 Å². The van der Waals surface area contributed by atoms with E-state index >= 15 is 0 Å². The molecule has 1 saturated carbocycles. The monoisotopic (exact) mass is 208 g/mol. The highest BCUT2D eigenvalue weighted by Crippen LogP contribution is 2.34. The number of hydrogen-bond donors (Lipinski definition) is 1. The lowest BCUT2D eigenvalue weighted by Gasteiger charge is -2.09. The highest BCUT2D eigenvalue weighted by atomic mass is 16.3. The third kappa shape index (κ3) is 2.59. The fraction of sp³-hybridized carbons (Fsp3) is 0.750. The van der Waals surface area contributed by atoms with Crippen molar-refractivity contribution < 1.29 is 5.11 Å². The van der Waals surface area contributed by atoms with E-state index in [9.17, 15) is 5.11 Å². The van der Waals surface area contributed by atoms with Gasteiger partial charge in [0.1, 0.15) is 0 Å². The molecule has 0 aromatic carbocycles. The van der Waals surface area contributed by atoms with Crippen LogP contribution in [0.15, 0.2) is 6.07 Å². The molecule has 0 aliphatic heterocycles. The van der Waals surface area contributed by atoms with Crippen molar-refractivity contribution in [3.8, 4) is 0 Å². The standard InChI is InChI=1S/C12H20N2O/c1-3-14-11(8-9(2)13-14)6-7-12(15)10-4-5-10/h8,10,12,15H,3-7H2,1-2H3. The van der Waals surface area contributed by atoms with Crippen molar-refractivity contribution in [1.29, 1.82) is 0 Å². The number of nitrogens with zero attached hydrogens (tertiary/aromatic N) is 2. The molecule has 1 aromatic heterocycles. The van der Waals surface area contributed by atoms with E-state index in [-0.39, 0.29) is 6.10 Å². The van der Waals surface area contributed by atoms with Gasteiger partial charge in [-0.2, -0.15) is 5.10 Å². The summed E-state index contributed by atoms with van der Waals surface area (Å²) in [6.45, 7) is 5.04. The molecule has 1 unspecified atom stereocenters. The smallest absolute Gasteiger partial charge is 0.0596 e. The molecule has 0 saturated heterocycles. The third-order valence-electron chi connectivity index (χ3n) is 3.15. The van der Waals surface area contributed by atoms with Crippen molar-refractivity contribution in [2.24, 2.45) is 5.92 Å². The van der Waals surface area contributed by atoms with Gasteiger partial charge in [0.15, 0.2) is 0 Å². The maximum atomic E-state index is 9.79. The molecule has 3 heteroatoms.